The SMILES string of the molecule is COc1cccc(NC(=O)C(C)(C)Oc2ccc(Br)cc2)c1. The van der Waals surface area contributed by atoms with E-state index >= 15 is 0 Å². The highest BCUT2D eigenvalue weighted by Gasteiger charge is 2.30. The Morgan fingerprint density at radius 2 is 1.77 bits per heavy atom. The monoisotopic (exact) mass is 363 g/mol. The van der Waals surface area contributed by atoms with Crippen molar-refractivity contribution in [2.75, 3.05) is 12.4 Å². The molecule has 5 heteroatoms. The molecule has 0 aliphatic heterocycles. The van der Waals surface area contributed by atoms with Crippen molar-refractivity contribution >= 4 is 27.5 Å². The number of methoxy groups -OCH3 is 1. The lowest BCUT2D eigenvalue weighted by molar-refractivity contribution is -0.128. The Bertz CT molecular complexity index is 653. The van der Waals surface area contributed by atoms with Gasteiger partial charge in [0.2, 0.25) is 0 Å². The first-order valence-corrected chi connectivity index (χ1v) is 7.60. The molecule has 0 atom stereocenters. The number of rotatable bonds is 5. The van der Waals surface area contributed by atoms with E-state index < -0.39 is 5.60 Å². The van der Waals surface area contributed by atoms with E-state index in [0.29, 0.717) is 17.2 Å². The maximum Gasteiger partial charge on any atom is 0.267 e. The molecule has 1 N–H and O–H groups in total. The smallest absolute Gasteiger partial charge is 0.267 e. The van der Waals surface area contributed by atoms with Crippen molar-refractivity contribution in [3.63, 3.8) is 0 Å². The van der Waals surface area contributed by atoms with Crippen molar-refractivity contribution in [3.8, 4) is 11.5 Å². The molecule has 4 nitrogen and oxygen atoms in total. The third-order valence-electron chi connectivity index (χ3n) is 3.06. The number of amides is 1. The second-order valence-electron chi connectivity index (χ2n) is 5.25. The van der Waals surface area contributed by atoms with Crippen molar-refractivity contribution in [2.45, 2.75) is 19.4 Å². The highest BCUT2D eigenvalue weighted by atomic mass is 79.9. The summed E-state index contributed by atoms with van der Waals surface area (Å²) >= 11 is 3.37. The number of carbonyl (C=O) groups excluding carboxylic acids is 1. The van der Waals surface area contributed by atoms with Gasteiger partial charge in [0.25, 0.3) is 5.91 Å². The minimum atomic E-state index is -1.00. The molecule has 0 heterocycles. The van der Waals surface area contributed by atoms with Gasteiger partial charge in [0, 0.05) is 16.2 Å². The summed E-state index contributed by atoms with van der Waals surface area (Å²) in [6.45, 7) is 3.45. The predicted molar refractivity (Wildman–Crippen MR) is 90.5 cm³/mol. The molecule has 0 aliphatic rings. The summed E-state index contributed by atoms with van der Waals surface area (Å²) in [5.41, 5.74) is -0.339. The molecule has 116 valence electrons. The third-order valence-corrected chi connectivity index (χ3v) is 3.59. The average Bonchev–Trinajstić information content (AvgIpc) is 2.49. The van der Waals surface area contributed by atoms with Crippen LogP contribution in [0.5, 0.6) is 11.5 Å². The summed E-state index contributed by atoms with van der Waals surface area (Å²) in [6, 6.07) is 14.5. The fraction of sp³-hybridized carbons (Fsp3) is 0.235. The average molecular weight is 364 g/mol. The maximum atomic E-state index is 12.4. The largest absolute Gasteiger partial charge is 0.497 e. The Balaban J connectivity index is 2.07. The van der Waals surface area contributed by atoms with E-state index in [1.807, 2.05) is 36.4 Å². The number of ether oxygens (including phenoxy) is 2. The van der Waals surface area contributed by atoms with Gasteiger partial charge in [-0.1, -0.05) is 22.0 Å². The van der Waals surface area contributed by atoms with Crippen LogP contribution in [0.1, 0.15) is 13.8 Å². The molecule has 0 aliphatic carbocycles. The van der Waals surface area contributed by atoms with Gasteiger partial charge in [-0.3, -0.25) is 4.79 Å². The van der Waals surface area contributed by atoms with E-state index in [4.69, 9.17) is 9.47 Å². The molecule has 0 saturated carbocycles. The number of nitrogens with one attached hydrogen (secondary N) is 1. The van der Waals surface area contributed by atoms with Gasteiger partial charge in [0.15, 0.2) is 5.60 Å². The molecule has 22 heavy (non-hydrogen) atoms. The molecule has 2 aromatic rings. The Labute approximate surface area is 138 Å². The van der Waals surface area contributed by atoms with Crippen LogP contribution in [-0.4, -0.2) is 18.6 Å². The first-order valence-electron chi connectivity index (χ1n) is 6.81. The van der Waals surface area contributed by atoms with E-state index in [2.05, 4.69) is 21.2 Å². The quantitative estimate of drug-likeness (QED) is 0.863. The van der Waals surface area contributed by atoms with E-state index in [1.165, 1.54) is 0 Å². The minimum absolute atomic E-state index is 0.233. The summed E-state index contributed by atoms with van der Waals surface area (Å²) in [6.07, 6.45) is 0. The van der Waals surface area contributed by atoms with E-state index in [0.717, 1.165) is 4.47 Å². The molecular weight excluding hydrogens is 346 g/mol. The fourth-order valence-corrected chi connectivity index (χ4v) is 2.09. The maximum absolute atomic E-state index is 12.4. The number of carbonyl (C=O) groups is 1. The van der Waals surface area contributed by atoms with E-state index in [1.54, 1.807) is 33.1 Å². The summed E-state index contributed by atoms with van der Waals surface area (Å²) in [4.78, 5) is 12.4. The van der Waals surface area contributed by atoms with E-state index in [-0.39, 0.29) is 5.91 Å². The van der Waals surface area contributed by atoms with Crippen molar-refractivity contribution in [1.82, 2.24) is 0 Å². The molecule has 0 unspecified atom stereocenters. The van der Waals surface area contributed by atoms with Crippen LogP contribution in [0.25, 0.3) is 0 Å². The van der Waals surface area contributed by atoms with Crippen LogP contribution in [0.3, 0.4) is 0 Å². The number of benzene rings is 2. The van der Waals surface area contributed by atoms with Crippen molar-refractivity contribution < 1.29 is 14.3 Å². The lowest BCUT2D eigenvalue weighted by Crippen LogP contribution is -2.42. The Hall–Kier alpha value is -2.01. The van der Waals surface area contributed by atoms with Gasteiger partial charge in [-0.05, 0) is 50.2 Å². The topological polar surface area (TPSA) is 47.6 Å². The summed E-state index contributed by atoms with van der Waals surface area (Å²) in [5.74, 6) is 1.09. The number of halogens is 1. The van der Waals surface area contributed by atoms with Gasteiger partial charge < -0.3 is 14.8 Å². The molecule has 2 aromatic carbocycles. The lowest BCUT2D eigenvalue weighted by atomic mass is 10.1. The molecule has 0 bridgehead atoms. The van der Waals surface area contributed by atoms with Gasteiger partial charge in [-0.15, -0.1) is 0 Å². The number of anilines is 1. The predicted octanol–water partition coefficient (Wildman–Crippen LogP) is 4.25. The molecule has 0 radical (unpaired) electrons. The van der Waals surface area contributed by atoms with Crippen LogP contribution < -0.4 is 14.8 Å². The van der Waals surface area contributed by atoms with Gasteiger partial charge in [0.05, 0.1) is 7.11 Å². The van der Waals surface area contributed by atoms with Crippen LogP contribution >= 0.6 is 15.9 Å². The van der Waals surface area contributed by atoms with Crippen molar-refractivity contribution in [1.29, 1.82) is 0 Å². The Morgan fingerprint density at radius 1 is 1.09 bits per heavy atom. The van der Waals surface area contributed by atoms with Crippen LogP contribution in [0, 0.1) is 0 Å². The van der Waals surface area contributed by atoms with Gasteiger partial charge >= 0.3 is 0 Å². The Kier molecular flexibility index (Phi) is 5.08. The summed E-state index contributed by atoms with van der Waals surface area (Å²) < 4.78 is 11.9. The molecule has 0 aromatic heterocycles. The molecule has 0 fully saturated rings. The second-order valence-corrected chi connectivity index (χ2v) is 6.17. The molecule has 1 amide bonds. The fourth-order valence-electron chi connectivity index (χ4n) is 1.83. The first-order chi connectivity index (χ1) is 10.4. The van der Waals surface area contributed by atoms with Gasteiger partial charge in [-0.25, -0.2) is 0 Å². The lowest BCUT2D eigenvalue weighted by Gasteiger charge is -2.25. The van der Waals surface area contributed by atoms with Crippen LogP contribution in [0.15, 0.2) is 53.0 Å². The molecular formula is C17H18BrNO3. The Morgan fingerprint density at radius 3 is 2.41 bits per heavy atom. The standard InChI is InChI=1S/C17H18BrNO3/c1-17(2,22-14-9-7-12(18)8-10-14)16(20)19-13-5-4-6-15(11-13)21-3/h4-11H,1-3H3,(H,19,20). The second kappa shape index (κ2) is 6.83. The van der Waals surface area contributed by atoms with Crippen molar-refractivity contribution in [2.24, 2.45) is 0 Å². The number of hydrogen-bond donors (Lipinski definition) is 1. The van der Waals surface area contributed by atoms with Crippen LogP contribution in [-0.2, 0) is 4.79 Å². The zero-order valence-corrected chi connectivity index (χ0v) is 14.3. The third kappa shape index (κ3) is 4.24. The van der Waals surface area contributed by atoms with E-state index in [9.17, 15) is 4.79 Å². The van der Waals surface area contributed by atoms with Gasteiger partial charge in [-0.2, -0.15) is 0 Å². The summed E-state index contributed by atoms with van der Waals surface area (Å²) in [5, 5.41) is 2.84. The zero-order chi connectivity index (χ0) is 16.2. The molecule has 0 saturated heterocycles. The van der Waals surface area contributed by atoms with Gasteiger partial charge in [0.1, 0.15) is 11.5 Å². The zero-order valence-electron chi connectivity index (χ0n) is 12.7. The normalized spacial score (nSPS) is 10.9. The highest BCUT2D eigenvalue weighted by Crippen LogP contribution is 2.23. The van der Waals surface area contributed by atoms with Crippen LogP contribution in [0.4, 0.5) is 5.69 Å². The molecule has 2 rings (SSSR count). The van der Waals surface area contributed by atoms with Crippen LogP contribution in [0.2, 0.25) is 0 Å². The van der Waals surface area contributed by atoms with Crippen molar-refractivity contribution in [3.05, 3.63) is 53.0 Å². The molecule has 0 spiro atoms. The highest BCUT2D eigenvalue weighted by molar-refractivity contribution is 9.10. The number of hydrogen-bond acceptors (Lipinski definition) is 3. The summed E-state index contributed by atoms with van der Waals surface area (Å²) in [7, 11) is 1.58. The minimum Gasteiger partial charge on any atom is -0.497 e. The first kappa shape index (κ1) is 16.4.